The molecule has 0 spiro atoms. The average Bonchev–Trinajstić information content (AvgIpc) is 2.76. The minimum absolute atomic E-state index is 0.205. The highest BCUT2D eigenvalue weighted by molar-refractivity contribution is 14.1. The number of rotatable bonds is 6. The van der Waals surface area contributed by atoms with Gasteiger partial charge in [-0.3, -0.25) is 0 Å². The molecular formula is C15H18F2INO2. The molecule has 0 radical (unpaired) electrons. The Balaban J connectivity index is 1.54. The number of fused-ring (bicyclic) bond motifs is 1. The predicted octanol–water partition coefficient (Wildman–Crippen LogP) is 3.36. The van der Waals surface area contributed by atoms with E-state index in [1.165, 1.54) is 0 Å². The average molecular weight is 409 g/mol. The molecule has 2 fully saturated rings. The lowest BCUT2D eigenvalue weighted by Crippen LogP contribution is -2.59. The zero-order valence-corrected chi connectivity index (χ0v) is 13.6. The Labute approximate surface area is 136 Å². The van der Waals surface area contributed by atoms with Gasteiger partial charge in [-0.25, -0.2) is 0 Å². The van der Waals surface area contributed by atoms with Gasteiger partial charge < -0.3 is 14.8 Å². The summed E-state index contributed by atoms with van der Waals surface area (Å²) in [6.07, 6.45) is 2.28. The van der Waals surface area contributed by atoms with Crippen LogP contribution in [0.3, 0.4) is 0 Å². The molecule has 0 amide bonds. The molecule has 1 heterocycles. The molecule has 116 valence electrons. The summed E-state index contributed by atoms with van der Waals surface area (Å²) >= 11 is 2.40. The second kappa shape index (κ2) is 6.75. The van der Waals surface area contributed by atoms with E-state index in [0.29, 0.717) is 30.2 Å². The molecule has 3 rings (SSSR count). The van der Waals surface area contributed by atoms with Crippen molar-refractivity contribution in [2.75, 3.05) is 4.43 Å². The van der Waals surface area contributed by atoms with Crippen molar-refractivity contribution in [2.24, 2.45) is 5.92 Å². The molecule has 6 heteroatoms. The van der Waals surface area contributed by atoms with E-state index in [0.717, 1.165) is 17.3 Å². The molecule has 1 aromatic carbocycles. The Bertz CT molecular complexity index is 488. The standard InChI is InChI=1S/C15H18F2INO2/c16-15(17)21-14-4-2-1-3-9(14)8-20-10-5-11-12(6-10)19-13(11)7-18/h1-4,10-13,15,19H,5-8H2. The third-order valence-corrected chi connectivity index (χ3v) is 5.29. The number of alkyl halides is 3. The zero-order valence-electron chi connectivity index (χ0n) is 11.5. The van der Waals surface area contributed by atoms with Gasteiger partial charge in [0.15, 0.2) is 0 Å². The van der Waals surface area contributed by atoms with E-state index in [4.69, 9.17) is 4.74 Å². The maximum Gasteiger partial charge on any atom is 0.387 e. The van der Waals surface area contributed by atoms with Gasteiger partial charge in [-0.15, -0.1) is 0 Å². The van der Waals surface area contributed by atoms with E-state index in [1.54, 1.807) is 18.2 Å². The van der Waals surface area contributed by atoms with Crippen LogP contribution in [-0.2, 0) is 11.3 Å². The van der Waals surface area contributed by atoms with E-state index in [9.17, 15) is 8.78 Å². The monoisotopic (exact) mass is 409 g/mol. The number of halogens is 3. The fraction of sp³-hybridized carbons (Fsp3) is 0.600. The maximum absolute atomic E-state index is 12.4. The SMILES string of the molecule is FC(F)Oc1ccccc1COC1CC2NC(CI)C2C1. The van der Waals surface area contributed by atoms with Gasteiger partial charge in [0, 0.05) is 22.1 Å². The van der Waals surface area contributed by atoms with Gasteiger partial charge in [0.2, 0.25) is 0 Å². The van der Waals surface area contributed by atoms with Crippen LogP contribution in [0, 0.1) is 5.92 Å². The van der Waals surface area contributed by atoms with E-state index >= 15 is 0 Å². The summed E-state index contributed by atoms with van der Waals surface area (Å²) in [6.45, 7) is -2.48. The largest absolute Gasteiger partial charge is 0.434 e. The van der Waals surface area contributed by atoms with Crippen molar-refractivity contribution in [1.82, 2.24) is 5.32 Å². The Morgan fingerprint density at radius 3 is 2.86 bits per heavy atom. The van der Waals surface area contributed by atoms with Crippen LogP contribution in [0.5, 0.6) is 5.75 Å². The first-order chi connectivity index (χ1) is 10.2. The van der Waals surface area contributed by atoms with Gasteiger partial charge in [0.05, 0.1) is 12.7 Å². The van der Waals surface area contributed by atoms with Crippen LogP contribution in [0.4, 0.5) is 8.78 Å². The molecule has 1 aromatic rings. The lowest BCUT2D eigenvalue weighted by Gasteiger charge is -2.41. The third-order valence-electron chi connectivity index (χ3n) is 4.34. The van der Waals surface area contributed by atoms with E-state index < -0.39 is 6.61 Å². The molecule has 21 heavy (non-hydrogen) atoms. The highest BCUT2D eigenvalue weighted by Crippen LogP contribution is 2.39. The number of benzene rings is 1. The first-order valence-electron chi connectivity index (χ1n) is 7.13. The highest BCUT2D eigenvalue weighted by atomic mass is 127. The fourth-order valence-corrected chi connectivity index (χ4v) is 4.18. The van der Waals surface area contributed by atoms with Gasteiger partial charge in [-0.2, -0.15) is 8.78 Å². The molecule has 1 saturated heterocycles. The minimum Gasteiger partial charge on any atom is -0.434 e. The van der Waals surface area contributed by atoms with Crippen LogP contribution in [0.15, 0.2) is 24.3 Å². The Morgan fingerprint density at radius 1 is 1.29 bits per heavy atom. The molecule has 4 unspecified atom stereocenters. The van der Waals surface area contributed by atoms with Crippen molar-refractivity contribution < 1.29 is 18.3 Å². The van der Waals surface area contributed by atoms with Gasteiger partial charge in [-0.1, -0.05) is 40.8 Å². The molecule has 1 saturated carbocycles. The normalized spacial score (nSPS) is 31.0. The lowest BCUT2D eigenvalue weighted by atomic mass is 9.87. The lowest BCUT2D eigenvalue weighted by molar-refractivity contribution is -0.0520. The molecule has 1 N–H and O–H groups in total. The van der Waals surface area contributed by atoms with Crippen LogP contribution < -0.4 is 10.1 Å². The summed E-state index contributed by atoms with van der Waals surface area (Å²) < 4.78 is 36.3. The van der Waals surface area contributed by atoms with Crippen molar-refractivity contribution in [3.05, 3.63) is 29.8 Å². The van der Waals surface area contributed by atoms with Crippen LogP contribution in [-0.4, -0.2) is 29.2 Å². The number of para-hydroxylation sites is 1. The summed E-state index contributed by atoms with van der Waals surface area (Å²) in [5, 5.41) is 3.55. The van der Waals surface area contributed by atoms with E-state index in [1.807, 2.05) is 6.07 Å². The van der Waals surface area contributed by atoms with E-state index in [2.05, 4.69) is 32.6 Å². The third kappa shape index (κ3) is 3.48. The molecule has 0 aromatic heterocycles. The number of ether oxygens (including phenoxy) is 2. The zero-order chi connectivity index (χ0) is 14.8. The molecule has 1 aliphatic carbocycles. The molecule has 3 nitrogen and oxygen atoms in total. The quantitative estimate of drug-likeness (QED) is 0.578. The second-order valence-electron chi connectivity index (χ2n) is 5.59. The summed E-state index contributed by atoms with van der Waals surface area (Å²) in [6, 6.07) is 8.00. The van der Waals surface area contributed by atoms with Crippen molar-refractivity contribution >= 4 is 22.6 Å². The number of hydrogen-bond acceptors (Lipinski definition) is 3. The smallest absolute Gasteiger partial charge is 0.387 e. The molecule has 2 aliphatic rings. The molecule has 0 bridgehead atoms. The van der Waals surface area contributed by atoms with Gasteiger partial charge in [0.1, 0.15) is 5.75 Å². The Hall–Kier alpha value is -0.470. The van der Waals surface area contributed by atoms with Crippen molar-refractivity contribution in [3.8, 4) is 5.75 Å². The first kappa shape index (κ1) is 15.4. The van der Waals surface area contributed by atoms with E-state index in [-0.39, 0.29) is 11.9 Å². The van der Waals surface area contributed by atoms with Crippen molar-refractivity contribution in [3.63, 3.8) is 0 Å². The van der Waals surface area contributed by atoms with Crippen molar-refractivity contribution in [1.29, 1.82) is 0 Å². The van der Waals surface area contributed by atoms with Crippen molar-refractivity contribution in [2.45, 2.75) is 44.2 Å². The maximum atomic E-state index is 12.4. The van der Waals surface area contributed by atoms with Crippen LogP contribution in [0.2, 0.25) is 0 Å². The van der Waals surface area contributed by atoms with Crippen LogP contribution in [0.1, 0.15) is 18.4 Å². The second-order valence-corrected chi connectivity index (χ2v) is 6.47. The summed E-state index contributed by atoms with van der Waals surface area (Å²) in [5.74, 6) is 0.913. The Morgan fingerprint density at radius 2 is 2.10 bits per heavy atom. The molecule has 1 aliphatic heterocycles. The summed E-state index contributed by atoms with van der Waals surface area (Å²) in [4.78, 5) is 0. The Kier molecular flexibility index (Phi) is 4.96. The highest BCUT2D eigenvalue weighted by Gasteiger charge is 2.46. The molecule has 4 atom stereocenters. The summed E-state index contributed by atoms with van der Waals surface area (Å²) in [5.41, 5.74) is 0.676. The van der Waals surface area contributed by atoms with Crippen LogP contribution >= 0.6 is 22.6 Å². The predicted molar refractivity (Wildman–Crippen MR) is 84.0 cm³/mol. The van der Waals surface area contributed by atoms with Gasteiger partial charge in [0.25, 0.3) is 0 Å². The minimum atomic E-state index is -2.80. The van der Waals surface area contributed by atoms with Gasteiger partial charge >= 0.3 is 6.61 Å². The fourth-order valence-electron chi connectivity index (χ4n) is 3.28. The topological polar surface area (TPSA) is 30.5 Å². The summed E-state index contributed by atoms with van der Waals surface area (Å²) in [7, 11) is 0. The van der Waals surface area contributed by atoms with Crippen LogP contribution in [0.25, 0.3) is 0 Å². The first-order valence-corrected chi connectivity index (χ1v) is 8.66. The molecular weight excluding hydrogens is 391 g/mol. The van der Waals surface area contributed by atoms with Gasteiger partial charge in [-0.05, 0) is 24.8 Å². The number of nitrogens with one attached hydrogen (secondary N) is 1. The number of hydrogen-bond donors (Lipinski definition) is 1.